The van der Waals surface area contributed by atoms with Gasteiger partial charge in [0.1, 0.15) is 0 Å². The van der Waals surface area contributed by atoms with Gasteiger partial charge >= 0.3 is 12.3 Å². The molecule has 0 aliphatic heterocycles. The van der Waals surface area contributed by atoms with Crippen LogP contribution < -0.4 is 10.9 Å². The Hall–Kier alpha value is -3.00. The van der Waals surface area contributed by atoms with E-state index in [-0.39, 0.29) is 12.2 Å². The summed E-state index contributed by atoms with van der Waals surface area (Å²) in [5.74, 6) is -0.736. The number of hydrazine groups is 1. The van der Waals surface area contributed by atoms with Gasteiger partial charge in [-0.15, -0.1) is 0 Å². The molecule has 0 saturated carbocycles. The summed E-state index contributed by atoms with van der Waals surface area (Å²) in [6, 6.07) is 11.6. The van der Waals surface area contributed by atoms with E-state index in [1.54, 1.807) is 24.3 Å². The van der Waals surface area contributed by atoms with Crippen molar-refractivity contribution in [3.8, 4) is 0 Å². The smallest absolute Gasteiger partial charge is 0.426 e. The van der Waals surface area contributed by atoms with Gasteiger partial charge in [0.2, 0.25) is 0 Å². The zero-order valence-electron chi connectivity index (χ0n) is 14.4. The highest BCUT2D eigenvalue weighted by Gasteiger charge is 2.30. The number of carbonyl (C=O) groups excluding carboxylic acids is 2. The molecule has 2 aromatic carbocycles. The van der Waals surface area contributed by atoms with Gasteiger partial charge in [-0.1, -0.05) is 41.9 Å². The molecule has 0 heterocycles. The summed E-state index contributed by atoms with van der Waals surface area (Å²) >= 11 is 5.98. The van der Waals surface area contributed by atoms with Crippen LogP contribution in [0.15, 0.2) is 54.6 Å². The molecular formula is C19H16ClF3N2O3. The van der Waals surface area contributed by atoms with Gasteiger partial charge in [-0.2, -0.15) is 13.2 Å². The molecule has 0 bridgehead atoms. The first-order valence-electron chi connectivity index (χ1n) is 8.07. The molecule has 0 spiro atoms. The van der Waals surface area contributed by atoms with Crippen LogP contribution in [0.2, 0.25) is 5.02 Å². The molecule has 0 aliphatic carbocycles. The second-order valence-electron chi connectivity index (χ2n) is 5.55. The predicted molar refractivity (Wildman–Crippen MR) is 98.3 cm³/mol. The molecule has 28 heavy (non-hydrogen) atoms. The van der Waals surface area contributed by atoms with Crippen molar-refractivity contribution in [3.05, 3.63) is 76.3 Å². The summed E-state index contributed by atoms with van der Waals surface area (Å²) in [4.78, 5) is 23.2. The van der Waals surface area contributed by atoms with E-state index in [4.69, 9.17) is 16.3 Å². The Balaban J connectivity index is 1.75. The number of hydrogen-bond acceptors (Lipinski definition) is 3. The van der Waals surface area contributed by atoms with Crippen molar-refractivity contribution in [3.63, 3.8) is 0 Å². The highest BCUT2D eigenvalue weighted by Crippen LogP contribution is 2.29. The van der Waals surface area contributed by atoms with Crippen LogP contribution in [0.1, 0.15) is 16.7 Å². The van der Waals surface area contributed by atoms with Gasteiger partial charge < -0.3 is 4.74 Å². The Bertz CT molecular complexity index is 869. The minimum absolute atomic E-state index is 0.0471. The van der Waals surface area contributed by atoms with Crippen LogP contribution in [0, 0.1) is 0 Å². The summed E-state index contributed by atoms with van der Waals surface area (Å²) in [5, 5.41) is 0.555. The molecule has 0 atom stereocenters. The number of amides is 2. The van der Waals surface area contributed by atoms with E-state index in [1.807, 2.05) is 5.43 Å². The second-order valence-corrected chi connectivity index (χ2v) is 5.96. The fourth-order valence-corrected chi connectivity index (χ4v) is 2.37. The molecule has 2 amide bonds. The topological polar surface area (TPSA) is 67.4 Å². The standard InChI is InChI=1S/C19H16ClF3N2O3/c20-16-7-2-1-5-14(16)10-11-28-18(27)25-24-17(26)9-8-13-4-3-6-15(12-13)19(21,22)23/h1-9,12H,10-11H2,(H,24,26)(H,25,27). The van der Waals surface area contributed by atoms with E-state index < -0.39 is 23.7 Å². The molecule has 148 valence electrons. The van der Waals surface area contributed by atoms with Crippen molar-refractivity contribution in [1.29, 1.82) is 0 Å². The molecule has 5 nitrogen and oxygen atoms in total. The maximum Gasteiger partial charge on any atom is 0.426 e. The van der Waals surface area contributed by atoms with Crippen molar-refractivity contribution < 1.29 is 27.5 Å². The highest BCUT2D eigenvalue weighted by atomic mass is 35.5. The Morgan fingerprint density at radius 1 is 1.07 bits per heavy atom. The minimum atomic E-state index is -4.47. The lowest BCUT2D eigenvalue weighted by atomic mass is 10.1. The zero-order valence-corrected chi connectivity index (χ0v) is 15.2. The van der Waals surface area contributed by atoms with Crippen molar-refractivity contribution in [2.45, 2.75) is 12.6 Å². The number of ether oxygens (including phenoxy) is 1. The van der Waals surface area contributed by atoms with Crippen LogP contribution in [-0.2, 0) is 22.1 Å². The average Bonchev–Trinajstić information content (AvgIpc) is 2.66. The number of alkyl halides is 3. The monoisotopic (exact) mass is 412 g/mol. The Labute approximate surface area is 164 Å². The lowest BCUT2D eigenvalue weighted by molar-refractivity contribution is -0.137. The molecule has 2 N–H and O–H groups in total. The first-order chi connectivity index (χ1) is 13.3. The molecule has 0 fully saturated rings. The van der Waals surface area contributed by atoms with Crippen LogP contribution >= 0.6 is 11.6 Å². The molecule has 0 saturated heterocycles. The number of nitrogens with one attached hydrogen (secondary N) is 2. The van der Waals surface area contributed by atoms with Crippen LogP contribution in [0.25, 0.3) is 6.08 Å². The van der Waals surface area contributed by atoms with Gasteiger partial charge in [0.15, 0.2) is 0 Å². The minimum Gasteiger partial charge on any atom is -0.448 e. The number of halogens is 4. The largest absolute Gasteiger partial charge is 0.448 e. The quantitative estimate of drug-likeness (QED) is 0.566. The van der Waals surface area contributed by atoms with Gasteiger partial charge in [0, 0.05) is 17.5 Å². The van der Waals surface area contributed by atoms with Gasteiger partial charge in [-0.3, -0.25) is 10.2 Å². The normalized spacial score (nSPS) is 11.3. The van der Waals surface area contributed by atoms with Crippen molar-refractivity contribution in [1.82, 2.24) is 10.9 Å². The Kier molecular flexibility index (Phi) is 7.45. The first-order valence-corrected chi connectivity index (χ1v) is 8.45. The van der Waals surface area contributed by atoms with Crippen LogP contribution in [-0.4, -0.2) is 18.6 Å². The van der Waals surface area contributed by atoms with Gasteiger partial charge in [0.25, 0.3) is 5.91 Å². The third kappa shape index (κ3) is 6.96. The third-order valence-electron chi connectivity index (χ3n) is 3.49. The highest BCUT2D eigenvalue weighted by molar-refractivity contribution is 6.31. The molecular weight excluding hydrogens is 397 g/mol. The Morgan fingerprint density at radius 2 is 1.82 bits per heavy atom. The maximum absolute atomic E-state index is 12.6. The maximum atomic E-state index is 12.6. The molecule has 0 aromatic heterocycles. The lowest BCUT2D eigenvalue weighted by Crippen LogP contribution is -2.41. The van der Waals surface area contributed by atoms with E-state index in [9.17, 15) is 22.8 Å². The fourth-order valence-electron chi connectivity index (χ4n) is 2.14. The van der Waals surface area contributed by atoms with E-state index >= 15 is 0 Å². The third-order valence-corrected chi connectivity index (χ3v) is 3.86. The number of rotatable bonds is 5. The molecule has 0 radical (unpaired) electrons. The average molecular weight is 413 g/mol. The lowest BCUT2D eigenvalue weighted by Gasteiger charge is -2.08. The van der Waals surface area contributed by atoms with Crippen molar-refractivity contribution >= 4 is 29.7 Å². The predicted octanol–water partition coefficient (Wildman–Crippen LogP) is 4.37. The molecule has 2 aromatic rings. The summed E-state index contributed by atoms with van der Waals surface area (Å²) in [6.07, 6.45) is -2.78. The number of carbonyl (C=O) groups is 2. The number of hydrogen-bond donors (Lipinski definition) is 2. The first kappa shape index (κ1) is 21.3. The molecule has 2 rings (SSSR count). The molecule has 0 aliphatic rings. The van der Waals surface area contributed by atoms with E-state index in [0.717, 1.165) is 23.8 Å². The number of benzene rings is 2. The summed E-state index contributed by atoms with van der Waals surface area (Å²) < 4.78 is 42.8. The summed E-state index contributed by atoms with van der Waals surface area (Å²) in [5.41, 5.74) is 4.26. The van der Waals surface area contributed by atoms with E-state index in [1.165, 1.54) is 18.2 Å². The molecule has 0 unspecified atom stereocenters. The Morgan fingerprint density at radius 3 is 2.54 bits per heavy atom. The second kappa shape index (κ2) is 9.80. The van der Waals surface area contributed by atoms with Crippen LogP contribution in [0.3, 0.4) is 0 Å². The van der Waals surface area contributed by atoms with Gasteiger partial charge in [-0.05, 0) is 35.4 Å². The van der Waals surface area contributed by atoms with Gasteiger partial charge in [0.05, 0.1) is 12.2 Å². The SMILES string of the molecule is O=C(C=Cc1cccc(C(F)(F)F)c1)NNC(=O)OCCc1ccccc1Cl. The van der Waals surface area contributed by atoms with Crippen molar-refractivity contribution in [2.75, 3.05) is 6.61 Å². The summed E-state index contributed by atoms with van der Waals surface area (Å²) in [7, 11) is 0. The summed E-state index contributed by atoms with van der Waals surface area (Å²) in [6.45, 7) is 0.0471. The van der Waals surface area contributed by atoms with Gasteiger partial charge in [-0.25, -0.2) is 10.2 Å². The van der Waals surface area contributed by atoms with Crippen LogP contribution in [0.5, 0.6) is 0 Å². The zero-order chi connectivity index (χ0) is 20.6. The fraction of sp³-hybridized carbons (Fsp3) is 0.158. The molecule has 9 heteroatoms. The van der Waals surface area contributed by atoms with Crippen LogP contribution in [0.4, 0.5) is 18.0 Å². The van der Waals surface area contributed by atoms with E-state index in [0.29, 0.717) is 11.4 Å². The van der Waals surface area contributed by atoms with Crippen molar-refractivity contribution in [2.24, 2.45) is 0 Å². The van der Waals surface area contributed by atoms with E-state index in [2.05, 4.69) is 5.43 Å².